The first-order chi connectivity index (χ1) is 12.4. The minimum absolute atomic E-state index is 0.0322. The summed E-state index contributed by atoms with van der Waals surface area (Å²) >= 11 is 5.92. The van der Waals surface area contributed by atoms with E-state index in [0.717, 1.165) is 5.56 Å². The highest BCUT2D eigenvalue weighted by Crippen LogP contribution is 2.37. The van der Waals surface area contributed by atoms with Crippen molar-refractivity contribution in [1.29, 1.82) is 0 Å². The van der Waals surface area contributed by atoms with Gasteiger partial charge < -0.3 is 4.43 Å². The maximum atomic E-state index is 6.85. The van der Waals surface area contributed by atoms with E-state index in [1.165, 1.54) is 10.4 Å². The zero-order chi connectivity index (χ0) is 18.6. The van der Waals surface area contributed by atoms with Crippen LogP contribution in [-0.4, -0.2) is 13.3 Å². The highest BCUT2D eigenvalue weighted by Gasteiger charge is 2.50. The zero-order valence-corrected chi connectivity index (χ0v) is 17.2. The predicted molar refractivity (Wildman–Crippen MR) is 112 cm³/mol. The Morgan fingerprint density at radius 1 is 0.846 bits per heavy atom. The second-order valence-electron chi connectivity index (χ2n) is 7.44. The lowest BCUT2D eigenvalue weighted by Crippen LogP contribution is -2.66. The molecular formula is C22H24ClNOSi. The first kappa shape index (κ1) is 18.8. The quantitative estimate of drug-likeness (QED) is 0.467. The second-order valence-corrected chi connectivity index (χ2v) is 12.1. The van der Waals surface area contributed by atoms with Gasteiger partial charge in [-0.3, -0.25) is 0 Å². The summed E-state index contributed by atoms with van der Waals surface area (Å²) in [4.78, 5) is 4.19. The van der Waals surface area contributed by atoms with Gasteiger partial charge in [0.05, 0.1) is 6.61 Å². The monoisotopic (exact) mass is 381 g/mol. The van der Waals surface area contributed by atoms with Crippen LogP contribution in [0.4, 0.5) is 0 Å². The molecule has 0 aliphatic rings. The summed E-state index contributed by atoms with van der Waals surface area (Å²) in [6, 6.07) is 25.1. The molecule has 3 rings (SSSR count). The highest BCUT2D eigenvalue weighted by atomic mass is 35.5. The number of pyridine rings is 1. The van der Waals surface area contributed by atoms with Gasteiger partial charge in [-0.25, -0.2) is 4.98 Å². The standard InChI is InChI=1S/C22H24ClNOSi/c1-22(2,3)26(19-10-6-4-7-11-19,20-12-8-5-9-13-20)25-17-18-14-15-21(23)24-16-18/h4-16H,17H2,1-3H3. The molecule has 4 heteroatoms. The van der Waals surface area contributed by atoms with Gasteiger partial charge >= 0.3 is 0 Å². The Morgan fingerprint density at radius 3 is 1.81 bits per heavy atom. The molecule has 134 valence electrons. The minimum atomic E-state index is -2.51. The molecule has 0 amide bonds. The van der Waals surface area contributed by atoms with E-state index in [-0.39, 0.29) is 5.04 Å². The average molecular weight is 382 g/mol. The van der Waals surface area contributed by atoms with Crippen LogP contribution in [0.3, 0.4) is 0 Å². The van der Waals surface area contributed by atoms with Crippen molar-refractivity contribution in [2.45, 2.75) is 32.4 Å². The molecule has 2 nitrogen and oxygen atoms in total. The molecule has 3 aromatic rings. The van der Waals surface area contributed by atoms with Crippen molar-refractivity contribution in [1.82, 2.24) is 4.98 Å². The van der Waals surface area contributed by atoms with Gasteiger partial charge in [0, 0.05) is 6.20 Å². The highest BCUT2D eigenvalue weighted by molar-refractivity contribution is 6.99. The van der Waals surface area contributed by atoms with Gasteiger partial charge in [0.1, 0.15) is 5.15 Å². The van der Waals surface area contributed by atoms with Crippen LogP contribution in [0.5, 0.6) is 0 Å². The lowest BCUT2D eigenvalue weighted by molar-refractivity contribution is 0.286. The van der Waals surface area contributed by atoms with Crippen molar-refractivity contribution in [3.8, 4) is 0 Å². The predicted octanol–water partition coefficient (Wildman–Crippen LogP) is 4.81. The molecule has 0 bridgehead atoms. The smallest absolute Gasteiger partial charge is 0.261 e. The topological polar surface area (TPSA) is 22.1 Å². The molecule has 1 aromatic heterocycles. The summed E-state index contributed by atoms with van der Waals surface area (Å²) in [5.41, 5.74) is 1.03. The van der Waals surface area contributed by atoms with Crippen LogP contribution in [0, 0.1) is 0 Å². The first-order valence-electron chi connectivity index (χ1n) is 8.79. The molecule has 1 heterocycles. The molecule has 0 N–H and O–H groups in total. The number of hydrogen-bond donors (Lipinski definition) is 0. The Balaban J connectivity index is 2.09. The van der Waals surface area contributed by atoms with E-state index >= 15 is 0 Å². The fraction of sp³-hybridized carbons (Fsp3) is 0.227. The van der Waals surface area contributed by atoms with Crippen molar-refractivity contribution >= 4 is 30.3 Å². The summed E-state index contributed by atoms with van der Waals surface area (Å²) in [6.07, 6.45) is 1.79. The fourth-order valence-electron chi connectivity index (χ4n) is 3.44. The molecule has 0 atom stereocenters. The van der Waals surface area contributed by atoms with Crippen LogP contribution in [0.15, 0.2) is 79.0 Å². The van der Waals surface area contributed by atoms with Crippen LogP contribution in [-0.2, 0) is 11.0 Å². The molecule has 26 heavy (non-hydrogen) atoms. The summed E-state index contributed by atoms with van der Waals surface area (Å²) in [5.74, 6) is 0. The number of aromatic nitrogens is 1. The molecule has 0 aliphatic heterocycles. The van der Waals surface area contributed by atoms with E-state index in [0.29, 0.717) is 11.8 Å². The first-order valence-corrected chi connectivity index (χ1v) is 11.1. The van der Waals surface area contributed by atoms with Crippen molar-refractivity contribution in [2.24, 2.45) is 0 Å². The molecule has 0 saturated heterocycles. The maximum Gasteiger partial charge on any atom is 0.261 e. The SMILES string of the molecule is CC(C)(C)[Si](OCc1ccc(Cl)nc1)(c1ccccc1)c1ccccc1. The van der Waals surface area contributed by atoms with Crippen LogP contribution in [0.2, 0.25) is 10.2 Å². The van der Waals surface area contributed by atoms with Gasteiger partial charge in [0.25, 0.3) is 8.32 Å². The summed E-state index contributed by atoms with van der Waals surface area (Å²) < 4.78 is 6.85. The van der Waals surface area contributed by atoms with Crippen molar-refractivity contribution in [2.75, 3.05) is 0 Å². The van der Waals surface area contributed by atoms with Crippen LogP contribution in [0.1, 0.15) is 26.3 Å². The average Bonchev–Trinajstić information content (AvgIpc) is 2.64. The van der Waals surface area contributed by atoms with Gasteiger partial charge in [-0.05, 0) is 27.0 Å². The molecule has 2 aromatic carbocycles. The van der Waals surface area contributed by atoms with Crippen molar-refractivity contribution in [3.05, 3.63) is 89.7 Å². The van der Waals surface area contributed by atoms with E-state index in [9.17, 15) is 0 Å². The van der Waals surface area contributed by atoms with Gasteiger partial charge in [-0.15, -0.1) is 0 Å². The Labute approximate surface area is 162 Å². The summed E-state index contributed by atoms with van der Waals surface area (Å²) in [7, 11) is -2.51. The summed E-state index contributed by atoms with van der Waals surface area (Å²) in [6.45, 7) is 7.34. The third-order valence-corrected chi connectivity index (χ3v) is 9.87. The van der Waals surface area contributed by atoms with Crippen LogP contribution >= 0.6 is 11.6 Å². The normalized spacial score (nSPS) is 12.2. The van der Waals surface area contributed by atoms with E-state index in [1.54, 1.807) is 6.20 Å². The summed E-state index contributed by atoms with van der Waals surface area (Å²) in [5, 5.41) is 3.02. The fourth-order valence-corrected chi connectivity index (χ4v) is 8.10. The number of rotatable bonds is 5. The minimum Gasteiger partial charge on any atom is -0.403 e. The molecule has 0 spiro atoms. The maximum absolute atomic E-state index is 6.85. The van der Waals surface area contributed by atoms with Gasteiger partial charge in [-0.2, -0.15) is 0 Å². The Bertz CT molecular complexity index is 790. The molecule has 0 aliphatic carbocycles. The van der Waals surface area contributed by atoms with Gasteiger partial charge in [0.15, 0.2) is 0 Å². The van der Waals surface area contributed by atoms with E-state index in [2.05, 4.69) is 86.4 Å². The van der Waals surface area contributed by atoms with Crippen LogP contribution in [0.25, 0.3) is 0 Å². The second kappa shape index (κ2) is 7.75. The molecular weight excluding hydrogens is 358 g/mol. The lowest BCUT2D eigenvalue weighted by atomic mass is 10.2. The van der Waals surface area contributed by atoms with E-state index in [1.807, 2.05) is 12.1 Å². The Hall–Kier alpha value is -1.94. The number of benzene rings is 2. The van der Waals surface area contributed by atoms with Crippen LogP contribution < -0.4 is 10.4 Å². The van der Waals surface area contributed by atoms with E-state index in [4.69, 9.17) is 16.0 Å². The largest absolute Gasteiger partial charge is 0.403 e. The Morgan fingerprint density at radius 2 is 1.38 bits per heavy atom. The Kier molecular flexibility index (Phi) is 5.61. The third-order valence-electron chi connectivity index (χ3n) is 4.66. The van der Waals surface area contributed by atoms with E-state index < -0.39 is 8.32 Å². The van der Waals surface area contributed by atoms with Crippen molar-refractivity contribution < 1.29 is 4.43 Å². The third kappa shape index (κ3) is 3.75. The molecule has 0 saturated carbocycles. The lowest BCUT2D eigenvalue weighted by Gasteiger charge is -2.43. The van der Waals surface area contributed by atoms with Crippen molar-refractivity contribution in [3.63, 3.8) is 0 Å². The number of halogens is 1. The van der Waals surface area contributed by atoms with Gasteiger partial charge in [0.2, 0.25) is 0 Å². The molecule has 0 unspecified atom stereocenters. The number of hydrogen-bond acceptors (Lipinski definition) is 2. The van der Waals surface area contributed by atoms with Gasteiger partial charge in [-0.1, -0.05) is 99.1 Å². The molecule has 0 fully saturated rings. The number of nitrogens with zero attached hydrogens (tertiary/aromatic N) is 1. The zero-order valence-electron chi connectivity index (χ0n) is 15.4. The molecule has 0 radical (unpaired) electrons.